The van der Waals surface area contributed by atoms with Crippen LogP contribution in [-0.2, 0) is 4.79 Å². The normalized spacial score (nSPS) is 14.1. The van der Waals surface area contributed by atoms with Gasteiger partial charge >= 0.3 is 0 Å². The number of benzene rings is 1. The number of hydrogen-bond donors (Lipinski definition) is 0. The summed E-state index contributed by atoms with van der Waals surface area (Å²) in [6.45, 7) is 1.31. The number of amides is 1. The molecule has 1 aliphatic rings. The Morgan fingerprint density at radius 2 is 2.07 bits per heavy atom. The van der Waals surface area contributed by atoms with Gasteiger partial charge in [0.25, 0.3) is 11.6 Å². The minimum atomic E-state index is -0.508. The van der Waals surface area contributed by atoms with Gasteiger partial charge in [0.2, 0.25) is 0 Å². The molecule has 1 aromatic heterocycles. The van der Waals surface area contributed by atoms with E-state index in [1.807, 2.05) is 6.07 Å². The van der Waals surface area contributed by atoms with Gasteiger partial charge in [0.1, 0.15) is 28.9 Å². The lowest BCUT2D eigenvalue weighted by Crippen LogP contribution is -2.28. The fourth-order valence-corrected chi connectivity index (χ4v) is 2.95. The summed E-state index contributed by atoms with van der Waals surface area (Å²) in [5.74, 6) is 0.747. The second kappa shape index (κ2) is 7.74. The van der Waals surface area contributed by atoms with E-state index < -0.39 is 4.92 Å². The number of nitriles is 1. The molecule has 0 aliphatic carbocycles. The van der Waals surface area contributed by atoms with Crippen LogP contribution in [0.3, 0.4) is 0 Å². The molecule has 0 radical (unpaired) electrons. The fourth-order valence-electron chi connectivity index (χ4n) is 2.95. The molecular weight excluding hydrogens is 350 g/mol. The van der Waals surface area contributed by atoms with Crippen LogP contribution in [-0.4, -0.2) is 35.9 Å². The fraction of sp³-hybridized carbons (Fsp3) is 0.263. The van der Waals surface area contributed by atoms with E-state index >= 15 is 0 Å². The van der Waals surface area contributed by atoms with Crippen molar-refractivity contribution < 1.29 is 18.9 Å². The summed E-state index contributed by atoms with van der Waals surface area (Å²) in [5.41, 5.74) is 0.450. The summed E-state index contributed by atoms with van der Waals surface area (Å²) in [6.07, 6.45) is 3.28. The highest BCUT2D eigenvalue weighted by Gasteiger charge is 2.22. The number of nitro benzene ring substituents is 1. The van der Waals surface area contributed by atoms with Crippen LogP contribution in [0.5, 0.6) is 5.75 Å². The molecule has 1 fully saturated rings. The zero-order chi connectivity index (χ0) is 19.4. The second-order valence-electron chi connectivity index (χ2n) is 6.01. The molecule has 138 valence electrons. The van der Waals surface area contributed by atoms with E-state index in [1.165, 1.54) is 31.4 Å². The van der Waals surface area contributed by atoms with Gasteiger partial charge in [-0.1, -0.05) is 0 Å². The zero-order valence-electron chi connectivity index (χ0n) is 14.7. The van der Waals surface area contributed by atoms with Crippen molar-refractivity contribution in [2.45, 2.75) is 12.8 Å². The third kappa shape index (κ3) is 3.82. The summed E-state index contributed by atoms with van der Waals surface area (Å²) in [4.78, 5) is 24.4. The lowest BCUT2D eigenvalue weighted by atomic mass is 10.1. The first kappa shape index (κ1) is 18.2. The smallest absolute Gasteiger partial charge is 0.273 e. The summed E-state index contributed by atoms with van der Waals surface area (Å²) in [6, 6.07) is 9.41. The highest BCUT2D eigenvalue weighted by atomic mass is 16.6. The SMILES string of the molecule is COc1cc([N+](=O)[O-])ccc1-c1ccc(/C=C(\C#N)C(=O)N2CCCC2)o1. The van der Waals surface area contributed by atoms with Crippen LogP contribution < -0.4 is 4.74 Å². The molecule has 27 heavy (non-hydrogen) atoms. The largest absolute Gasteiger partial charge is 0.496 e. The topological polar surface area (TPSA) is 110 Å². The number of nitrogens with zero attached hydrogens (tertiary/aromatic N) is 3. The van der Waals surface area contributed by atoms with Crippen molar-refractivity contribution in [2.24, 2.45) is 0 Å². The molecular formula is C19H17N3O5. The first-order chi connectivity index (χ1) is 13.0. The quantitative estimate of drug-likeness (QED) is 0.347. The van der Waals surface area contributed by atoms with Crippen molar-refractivity contribution in [1.82, 2.24) is 4.90 Å². The summed E-state index contributed by atoms with van der Waals surface area (Å²) < 4.78 is 10.9. The minimum Gasteiger partial charge on any atom is -0.496 e. The Hall–Kier alpha value is -3.60. The number of methoxy groups -OCH3 is 1. The standard InChI is InChI=1S/C19H17N3O5/c1-26-18-11-14(22(24)25)4-6-16(18)17-7-5-15(27-17)10-13(12-20)19(23)21-8-2-3-9-21/h4-7,10-11H,2-3,8-9H2,1H3/b13-10+. The monoisotopic (exact) mass is 367 g/mol. The van der Waals surface area contributed by atoms with Crippen LogP contribution in [0.1, 0.15) is 18.6 Å². The van der Waals surface area contributed by atoms with E-state index in [1.54, 1.807) is 17.0 Å². The van der Waals surface area contributed by atoms with Crippen LogP contribution in [0.15, 0.2) is 40.3 Å². The molecule has 0 spiro atoms. The molecule has 0 saturated carbocycles. The Balaban J connectivity index is 1.89. The lowest BCUT2D eigenvalue weighted by Gasteiger charge is -2.13. The van der Waals surface area contributed by atoms with Gasteiger partial charge in [-0.15, -0.1) is 0 Å². The number of furan rings is 1. The number of hydrogen-bond acceptors (Lipinski definition) is 6. The molecule has 2 heterocycles. The van der Waals surface area contributed by atoms with Gasteiger partial charge in [0.05, 0.1) is 23.7 Å². The maximum Gasteiger partial charge on any atom is 0.273 e. The zero-order valence-corrected chi connectivity index (χ0v) is 14.7. The molecule has 2 aromatic rings. The van der Waals surface area contributed by atoms with Crippen molar-refractivity contribution in [3.63, 3.8) is 0 Å². The molecule has 0 atom stereocenters. The molecule has 0 N–H and O–H groups in total. The molecule has 3 rings (SSSR count). The molecule has 1 amide bonds. The third-order valence-corrected chi connectivity index (χ3v) is 4.32. The lowest BCUT2D eigenvalue weighted by molar-refractivity contribution is -0.384. The van der Waals surface area contributed by atoms with Gasteiger partial charge in [0, 0.05) is 25.2 Å². The van der Waals surface area contributed by atoms with Gasteiger partial charge in [-0.3, -0.25) is 14.9 Å². The van der Waals surface area contributed by atoms with Crippen molar-refractivity contribution >= 4 is 17.7 Å². The summed E-state index contributed by atoms with van der Waals surface area (Å²) >= 11 is 0. The average molecular weight is 367 g/mol. The predicted molar refractivity (Wildman–Crippen MR) is 96.8 cm³/mol. The van der Waals surface area contributed by atoms with E-state index in [9.17, 15) is 20.2 Å². The number of non-ortho nitro benzene ring substituents is 1. The van der Waals surface area contributed by atoms with Gasteiger partial charge in [-0.2, -0.15) is 5.26 Å². The number of likely N-dealkylation sites (tertiary alicyclic amines) is 1. The number of nitro groups is 1. The van der Waals surface area contributed by atoms with Gasteiger partial charge in [-0.05, 0) is 31.0 Å². The Kier molecular flexibility index (Phi) is 5.22. The molecule has 1 saturated heterocycles. The Bertz CT molecular complexity index is 948. The van der Waals surface area contributed by atoms with Crippen LogP contribution in [0.4, 0.5) is 5.69 Å². The van der Waals surface area contributed by atoms with Crippen LogP contribution in [0.2, 0.25) is 0 Å². The van der Waals surface area contributed by atoms with Gasteiger partial charge < -0.3 is 14.1 Å². The maximum absolute atomic E-state index is 12.4. The van der Waals surface area contributed by atoms with Crippen molar-refractivity contribution in [1.29, 1.82) is 5.26 Å². The van der Waals surface area contributed by atoms with Crippen molar-refractivity contribution in [3.05, 3.63) is 51.8 Å². The summed E-state index contributed by atoms with van der Waals surface area (Å²) in [5, 5.41) is 20.2. The Morgan fingerprint density at radius 1 is 1.33 bits per heavy atom. The van der Waals surface area contributed by atoms with E-state index in [-0.39, 0.29) is 17.2 Å². The molecule has 8 heteroatoms. The van der Waals surface area contributed by atoms with Crippen molar-refractivity contribution in [2.75, 3.05) is 20.2 Å². The number of carbonyl (C=O) groups is 1. The number of carbonyl (C=O) groups excluding carboxylic acids is 1. The molecule has 0 unspecified atom stereocenters. The summed E-state index contributed by atoms with van der Waals surface area (Å²) in [7, 11) is 1.41. The van der Waals surface area contributed by atoms with E-state index in [0.717, 1.165) is 12.8 Å². The first-order valence-electron chi connectivity index (χ1n) is 8.37. The maximum atomic E-state index is 12.4. The van der Waals surface area contributed by atoms with Gasteiger partial charge in [0.15, 0.2) is 0 Å². The van der Waals surface area contributed by atoms with E-state index in [2.05, 4.69) is 0 Å². The Morgan fingerprint density at radius 3 is 2.70 bits per heavy atom. The Labute approximate surface area is 155 Å². The van der Waals surface area contributed by atoms with E-state index in [4.69, 9.17) is 9.15 Å². The molecule has 8 nitrogen and oxygen atoms in total. The highest BCUT2D eigenvalue weighted by Crippen LogP contribution is 2.34. The molecule has 1 aliphatic heterocycles. The number of rotatable bonds is 5. The van der Waals surface area contributed by atoms with Crippen molar-refractivity contribution in [3.8, 4) is 23.1 Å². The predicted octanol–water partition coefficient (Wildman–Crippen LogP) is 3.39. The molecule has 1 aromatic carbocycles. The minimum absolute atomic E-state index is 0.00784. The first-order valence-corrected chi connectivity index (χ1v) is 8.37. The average Bonchev–Trinajstić information content (AvgIpc) is 3.37. The molecule has 0 bridgehead atoms. The number of ether oxygens (including phenoxy) is 1. The third-order valence-electron chi connectivity index (χ3n) is 4.32. The van der Waals surface area contributed by atoms with E-state index in [0.29, 0.717) is 35.9 Å². The second-order valence-corrected chi connectivity index (χ2v) is 6.01. The van der Waals surface area contributed by atoms with Crippen LogP contribution in [0, 0.1) is 21.4 Å². The van der Waals surface area contributed by atoms with Gasteiger partial charge in [-0.25, -0.2) is 0 Å². The highest BCUT2D eigenvalue weighted by molar-refractivity contribution is 6.01. The van der Waals surface area contributed by atoms with Crippen LogP contribution in [0.25, 0.3) is 17.4 Å². The van der Waals surface area contributed by atoms with Crippen LogP contribution >= 0.6 is 0 Å².